The Morgan fingerprint density at radius 3 is 2.50 bits per heavy atom. The lowest BCUT2D eigenvalue weighted by Crippen LogP contribution is -2.38. The van der Waals surface area contributed by atoms with Crippen LogP contribution < -0.4 is 5.32 Å². The first-order valence-electron chi connectivity index (χ1n) is 9.08. The molecule has 0 fully saturated rings. The van der Waals surface area contributed by atoms with Gasteiger partial charge in [-0.15, -0.1) is 0 Å². The van der Waals surface area contributed by atoms with Crippen LogP contribution in [0.2, 0.25) is 0 Å². The van der Waals surface area contributed by atoms with Crippen molar-refractivity contribution in [2.45, 2.75) is 19.0 Å². The van der Waals surface area contributed by atoms with Gasteiger partial charge in [-0.05, 0) is 11.6 Å². The number of nitrogens with one attached hydrogen (secondary N) is 2. The first-order chi connectivity index (χ1) is 13.7. The van der Waals surface area contributed by atoms with E-state index >= 15 is 0 Å². The van der Waals surface area contributed by atoms with Crippen molar-refractivity contribution in [2.24, 2.45) is 0 Å². The van der Waals surface area contributed by atoms with E-state index < -0.39 is 12.0 Å². The van der Waals surface area contributed by atoms with Gasteiger partial charge in [0.05, 0.1) is 0 Å². The average molecular weight is 372 g/mol. The summed E-state index contributed by atoms with van der Waals surface area (Å²) in [6.45, 7) is 0.383. The van der Waals surface area contributed by atoms with Crippen molar-refractivity contribution < 1.29 is 9.90 Å². The number of para-hydroxylation sites is 1. The molecule has 140 valence electrons. The molecule has 0 saturated carbocycles. The number of aliphatic carboxylic acids is 1. The van der Waals surface area contributed by atoms with Crippen LogP contribution in [-0.4, -0.2) is 32.1 Å². The van der Waals surface area contributed by atoms with E-state index in [9.17, 15) is 9.90 Å². The molecule has 1 atom stereocenters. The molecule has 0 spiro atoms. The zero-order valence-corrected chi connectivity index (χ0v) is 15.2. The van der Waals surface area contributed by atoms with E-state index in [2.05, 4.69) is 20.3 Å². The number of rotatable bonds is 7. The Morgan fingerprint density at radius 2 is 1.75 bits per heavy atom. The monoisotopic (exact) mass is 372 g/mol. The second-order valence-electron chi connectivity index (χ2n) is 6.62. The van der Waals surface area contributed by atoms with Crippen LogP contribution in [0, 0.1) is 0 Å². The summed E-state index contributed by atoms with van der Waals surface area (Å²) in [6, 6.07) is 16.9. The molecular formula is C22H20N4O2. The number of hydrogen-bond donors (Lipinski definition) is 3. The van der Waals surface area contributed by atoms with Gasteiger partial charge in [0.25, 0.3) is 0 Å². The van der Waals surface area contributed by atoms with Crippen molar-refractivity contribution in [3.05, 3.63) is 84.3 Å². The summed E-state index contributed by atoms with van der Waals surface area (Å²) >= 11 is 0. The maximum atomic E-state index is 11.7. The quantitative estimate of drug-likeness (QED) is 0.462. The highest BCUT2D eigenvalue weighted by Crippen LogP contribution is 2.19. The molecule has 4 rings (SSSR count). The normalized spacial score (nSPS) is 12.1. The molecule has 0 radical (unpaired) electrons. The number of nitrogens with zero attached hydrogens (tertiary/aromatic N) is 2. The van der Waals surface area contributed by atoms with Crippen LogP contribution in [-0.2, 0) is 17.8 Å². The average Bonchev–Trinajstić information content (AvgIpc) is 3.15. The number of carboxylic acid groups (broad SMARTS) is 1. The van der Waals surface area contributed by atoms with E-state index in [1.165, 1.54) is 0 Å². The molecule has 2 aromatic carbocycles. The number of H-pyrrole nitrogens is 1. The largest absolute Gasteiger partial charge is 0.480 e. The molecule has 28 heavy (non-hydrogen) atoms. The third-order valence-electron chi connectivity index (χ3n) is 4.69. The van der Waals surface area contributed by atoms with E-state index in [1.807, 2.05) is 60.8 Å². The van der Waals surface area contributed by atoms with Gasteiger partial charge in [0.2, 0.25) is 0 Å². The van der Waals surface area contributed by atoms with E-state index in [0.29, 0.717) is 18.8 Å². The number of hydrogen-bond acceptors (Lipinski definition) is 4. The minimum Gasteiger partial charge on any atom is -0.480 e. The number of aromatic amines is 1. The van der Waals surface area contributed by atoms with Crippen LogP contribution in [0.5, 0.6) is 0 Å². The Morgan fingerprint density at radius 1 is 1.04 bits per heavy atom. The van der Waals surface area contributed by atoms with Crippen molar-refractivity contribution in [1.29, 1.82) is 0 Å². The van der Waals surface area contributed by atoms with E-state index in [4.69, 9.17) is 0 Å². The minimum absolute atomic E-state index is 0.383. The smallest absolute Gasteiger partial charge is 0.321 e. The van der Waals surface area contributed by atoms with Crippen LogP contribution in [0.4, 0.5) is 0 Å². The van der Waals surface area contributed by atoms with Crippen LogP contribution in [0.3, 0.4) is 0 Å². The molecule has 6 nitrogen and oxygen atoms in total. The van der Waals surface area contributed by atoms with Crippen molar-refractivity contribution >= 4 is 16.9 Å². The molecule has 0 unspecified atom stereocenters. The Labute approximate surface area is 162 Å². The molecule has 0 saturated heterocycles. The zero-order chi connectivity index (χ0) is 19.3. The minimum atomic E-state index is -0.882. The number of aromatic nitrogens is 3. The lowest BCUT2D eigenvalue weighted by atomic mass is 10.0. The Kier molecular flexibility index (Phi) is 5.12. The summed E-state index contributed by atoms with van der Waals surface area (Å²) in [6.07, 6.45) is 5.72. The zero-order valence-electron chi connectivity index (χ0n) is 15.2. The highest BCUT2D eigenvalue weighted by molar-refractivity contribution is 5.84. The Bertz CT molecular complexity index is 1070. The summed E-state index contributed by atoms with van der Waals surface area (Å²) < 4.78 is 0. The van der Waals surface area contributed by atoms with Gasteiger partial charge in [0.15, 0.2) is 5.82 Å². The molecule has 0 amide bonds. The number of carboxylic acids is 1. The summed E-state index contributed by atoms with van der Waals surface area (Å²) in [5.41, 5.74) is 3.77. The van der Waals surface area contributed by atoms with Gasteiger partial charge in [-0.3, -0.25) is 10.1 Å². The SMILES string of the molecule is O=C(O)[C@@H](Cc1c[nH]c2ccccc12)NCc1cnc(-c2ccccc2)nc1. The molecule has 0 aliphatic heterocycles. The van der Waals surface area contributed by atoms with Crippen LogP contribution in [0.15, 0.2) is 73.2 Å². The molecule has 3 N–H and O–H groups in total. The Balaban J connectivity index is 1.43. The second-order valence-corrected chi connectivity index (χ2v) is 6.62. The second kappa shape index (κ2) is 8.02. The molecule has 2 aromatic heterocycles. The number of benzene rings is 2. The van der Waals surface area contributed by atoms with Gasteiger partial charge in [-0.2, -0.15) is 0 Å². The van der Waals surface area contributed by atoms with Crippen LogP contribution >= 0.6 is 0 Å². The van der Waals surface area contributed by atoms with E-state index in [1.54, 1.807) is 12.4 Å². The fourth-order valence-electron chi connectivity index (χ4n) is 3.19. The fraction of sp³-hybridized carbons (Fsp3) is 0.136. The van der Waals surface area contributed by atoms with Crippen LogP contribution in [0.1, 0.15) is 11.1 Å². The van der Waals surface area contributed by atoms with Crippen molar-refractivity contribution in [3.63, 3.8) is 0 Å². The summed E-state index contributed by atoms with van der Waals surface area (Å²) in [5, 5.41) is 13.8. The lowest BCUT2D eigenvalue weighted by Gasteiger charge is -2.14. The third kappa shape index (κ3) is 3.92. The first-order valence-corrected chi connectivity index (χ1v) is 9.08. The maximum Gasteiger partial charge on any atom is 0.321 e. The lowest BCUT2D eigenvalue weighted by molar-refractivity contribution is -0.139. The predicted octanol–water partition coefficient (Wildman–Crippen LogP) is 3.41. The van der Waals surface area contributed by atoms with Gasteiger partial charge in [-0.1, -0.05) is 48.5 Å². The molecule has 0 bridgehead atoms. The van der Waals surface area contributed by atoms with Crippen molar-refractivity contribution in [3.8, 4) is 11.4 Å². The Hall–Kier alpha value is -3.51. The van der Waals surface area contributed by atoms with Crippen molar-refractivity contribution in [1.82, 2.24) is 20.3 Å². The van der Waals surface area contributed by atoms with Gasteiger partial charge in [-0.25, -0.2) is 9.97 Å². The topological polar surface area (TPSA) is 90.9 Å². The summed E-state index contributed by atoms with van der Waals surface area (Å²) in [5.74, 6) is -0.231. The molecular weight excluding hydrogens is 352 g/mol. The van der Waals surface area contributed by atoms with Gasteiger partial charge >= 0.3 is 5.97 Å². The molecule has 0 aliphatic carbocycles. The van der Waals surface area contributed by atoms with E-state index in [0.717, 1.165) is 27.6 Å². The summed E-state index contributed by atoms with van der Waals surface area (Å²) in [4.78, 5) is 23.7. The van der Waals surface area contributed by atoms with Gasteiger partial charge in [0.1, 0.15) is 6.04 Å². The predicted molar refractivity (Wildman–Crippen MR) is 108 cm³/mol. The molecule has 2 heterocycles. The van der Waals surface area contributed by atoms with Crippen LogP contribution in [0.25, 0.3) is 22.3 Å². The highest BCUT2D eigenvalue weighted by atomic mass is 16.4. The molecule has 6 heteroatoms. The van der Waals surface area contributed by atoms with Crippen molar-refractivity contribution in [2.75, 3.05) is 0 Å². The highest BCUT2D eigenvalue weighted by Gasteiger charge is 2.19. The van der Waals surface area contributed by atoms with Gasteiger partial charge in [0, 0.05) is 53.6 Å². The number of carbonyl (C=O) groups is 1. The fourth-order valence-corrected chi connectivity index (χ4v) is 3.19. The standard InChI is InChI=1S/C22H20N4O2/c27-22(28)20(10-17-14-24-19-9-5-4-8-18(17)19)23-11-15-12-25-21(26-13-15)16-6-2-1-3-7-16/h1-9,12-14,20,23-24H,10-11H2,(H,27,28)/t20-/m1/s1. The maximum absolute atomic E-state index is 11.7. The number of fused-ring (bicyclic) bond motifs is 1. The van der Waals surface area contributed by atoms with E-state index in [-0.39, 0.29) is 0 Å². The van der Waals surface area contributed by atoms with Gasteiger partial charge < -0.3 is 10.1 Å². The summed E-state index contributed by atoms with van der Waals surface area (Å²) in [7, 11) is 0. The molecule has 0 aliphatic rings. The molecule has 4 aromatic rings. The first kappa shape index (κ1) is 17.9. The third-order valence-corrected chi connectivity index (χ3v) is 4.69.